The van der Waals surface area contributed by atoms with E-state index in [0.29, 0.717) is 0 Å². The lowest BCUT2D eigenvalue weighted by Crippen LogP contribution is -2.44. The molecule has 3 nitrogen and oxygen atoms in total. The van der Waals surface area contributed by atoms with E-state index in [-0.39, 0.29) is 0 Å². The first kappa shape index (κ1) is 10.5. The lowest BCUT2D eigenvalue weighted by Gasteiger charge is -2.33. The summed E-state index contributed by atoms with van der Waals surface area (Å²) < 4.78 is 0. The van der Waals surface area contributed by atoms with Gasteiger partial charge in [-0.15, -0.1) is 0 Å². The van der Waals surface area contributed by atoms with Crippen molar-refractivity contribution in [1.82, 2.24) is 14.8 Å². The third-order valence-corrected chi connectivity index (χ3v) is 2.98. The Bertz CT molecular complexity index is 307. The lowest BCUT2D eigenvalue weighted by atomic mass is 10.2. The summed E-state index contributed by atoms with van der Waals surface area (Å²) in [6, 6.07) is 4.11. The van der Waals surface area contributed by atoms with Gasteiger partial charge in [0.15, 0.2) is 0 Å². The summed E-state index contributed by atoms with van der Waals surface area (Å²) in [6.07, 6.45) is 3.75. The molecule has 1 aliphatic heterocycles. The van der Waals surface area contributed by atoms with Gasteiger partial charge in [0.25, 0.3) is 0 Å². The first-order valence-corrected chi connectivity index (χ1v) is 5.66. The average Bonchev–Trinajstić information content (AvgIpc) is 2.31. The fraction of sp³-hybridized carbons (Fsp3) is 0.455. The van der Waals surface area contributed by atoms with E-state index in [4.69, 9.17) is 12.2 Å². The molecule has 4 heteroatoms. The molecule has 1 aliphatic rings. The Morgan fingerprint density at radius 3 is 2.73 bits per heavy atom. The van der Waals surface area contributed by atoms with E-state index in [2.05, 4.69) is 20.9 Å². The van der Waals surface area contributed by atoms with E-state index in [9.17, 15) is 0 Å². The predicted octanol–water partition coefficient (Wildman–Crippen LogP) is 1.16. The van der Waals surface area contributed by atoms with Crippen molar-refractivity contribution >= 4 is 17.7 Å². The number of nitrogens with zero attached hydrogens (tertiary/aromatic N) is 3. The smallest absolute Gasteiger partial charge is 0.0641 e. The maximum Gasteiger partial charge on any atom is 0.0641 e. The van der Waals surface area contributed by atoms with Gasteiger partial charge in [-0.1, -0.05) is 18.3 Å². The minimum absolute atomic E-state index is 0.999. The van der Waals surface area contributed by atoms with Crippen LogP contribution in [0.4, 0.5) is 0 Å². The monoisotopic (exact) mass is 221 g/mol. The third kappa shape index (κ3) is 2.97. The minimum Gasteiger partial charge on any atom is -0.366 e. The van der Waals surface area contributed by atoms with E-state index in [1.807, 2.05) is 18.5 Å². The summed E-state index contributed by atoms with van der Waals surface area (Å²) >= 11 is 4.91. The zero-order valence-corrected chi connectivity index (χ0v) is 9.49. The molecule has 2 heterocycles. The van der Waals surface area contributed by atoms with Crippen LogP contribution in [0.2, 0.25) is 0 Å². The fourth-order valence-corrected chi connectivity index (χ4v) is 1.99. The molecular weight excluding hydrogens is 206 g/mol. The first-order chi connectivity index (χ1) is 7.38. The van der Waals surface area contributed by atoms with Crippen molar-refractivity contribution in [3.8, 4) is 0 Å². The van der Waals surface area contributed by atoms with E-state index < -0.39 is 0 Å². The molecule has 0 amide bonds. The molecule has 0 aliphatic carbocycles. The second kappa shape index (κ2) is 5.19. The number of pyridine rings is 1. The normalized spacial score (nSPS) is 17.7. The van der Waals surface area contributed by atoms with Crippen molar-refractivity contribution in [2.24, 2.45) is 0 Å². The van der Waals surface area contributed by atoms with Gasteiger partial charge < -0.3 is 4.90 Å². The Hall–Kier alpha value is -1.00. The van der Waals surface area contributed by atoms with Crippen molar-refractivity contribution in [3.63, 3.8) is 0 Å². The number of aromatic nitrogens is 1. The van der Waals surface area contributed by atoms with Gasteiger partial charge in [-0.2, -0.15) is 0 Å². The van der Waals surface area contributed by atoms with Crippen LogP contribution in [0.25, 0.3) is 0 Å². The van der Waals surface area contributed by atoms with Crippen LogP contribution >= 0.6 is 12.2 Å². The van der Waals surface area contributed by atoms with Gasteiger partial charge >= 0.3 is 0 Å². The van der Waals surface area contributed by atoms with Crippen LogP contribution in [0.15, 0.2) is 24.5 Å². The average molecular weight is 221 g/mol. The first-order valence-electron chi connectivity index (χ1n) is 5.19. The van der Waals surface area contributed by atoms with Gasteiger partial charge in [0.1, 0.15) is 0 Å². The van der Waals surface area contributed by atoms with Gasteiger partial charge in [0, 0.05) is 45.1 Å². The van der Waals surface area contributed by atoms with Crippen LogP contribution in [0.5, 0.6) is 0 Å². The number of thiocarbonyl (C=S) groups is 1. The van der Waals surface area contributed by atoms with Crippen LogP contribution in [-0.4, -0.2) is 46.5 Å². The van der Waals surface area contributed by atoms with Gasteiger partial charge in [-0.05, 0) is 11.6 Å². The van der Waals surface area contributed by atoms with Gasteiger partial charge in [0.2, 0.25) is 0 Å². The Morgan fingerprint density at radius 2 is 2.13 bits per heavy atom. The van der Waals surface area contributed by atoms with Gasteiger partial charge in [0.05, 0.1) is 5.49 Å². The minimum atomic E-state index is 0.999. The summed E-state index contributed by atoms with van der Waals surface area (Å²) in [4.78, 5) is 8.75. The zero-order valence-electron chi connectivity index (χ0n) is 8.67. The molecule has 1 fully saturated rings. The summed E-state index contributed by atoms with van der Waals surface area (Å²) in [7, 11) is 0. The summed E-state index contributed by atoms with van der Waals surface area (Å²) in [5, 5.41) is 0. The molecule has 0 aromatic carbocycles. The number of piperazine rings is 1. The maximum absolute atomic E-state index is 4.91. The van der Waals surface area contributed by atoms with E-state index in [1.165, 1.54) is 5.56 Å². The van der Waals surface area contributed by atoms with Gasteiger partial charge in [-0.25, -0.2) is 0 Å². The molecule has 0 radical (unpaired) electrons. The highest BCUT2D eigenvalue weighted by Crippen LogP contribution is 2.06. The molecule has 15 heavy (non-hydrogen) atoms. The van der Waals surface area contributed by atoms with Crippen LogP contribution in [0, 0.1) is 0 Å². The van der Waals surface area contributed by atoms with Crippen LogP contribution in [0.3, 0.4) is 0 Å². The second-order valence-corrected chi connectivity index (χ2v) is 3.99. The van der Waals surface area contributed by atoms with E-state index >= 15 is 0 Å². The number of hydrogen-bond acceptors (Lipinski definition) is 3. The van der Waals surface area contributed by atoms with E-state index in [1.54, 1.807) is 5.49 Å². The third-order valence-electron chi connectivity index (χ3n) is 2.68. The molecule has 1 saturated heterocycles. The predicted molar refractivity (Wildman–Crippen MR) is 64.7 cm³/mol. The summed E-state index contributed by atoms with van der Waals surface area (Å²) in [6.45, 7) is 5.26. The van der Waals surface area contributed by atoms with Crippen molar-refractivity contribution in [3.05, 3.63) is 30.1 Å². The molecular formula is C11H15N3S. The zero-order chi connectivity index (χ0) is 10.5. The van der Waals surface area contributed by atoms with Crippen molar-refractivity contribution < 1.29 is 0 Å². The Morgan fingerprint density at radius 1 is 1.33 bits per heavy atom. The molecule has 1 aromatic heterocycles. The van der Waals surface area contributed by atoms with Crippen molar-refractivity contribution in [2.45, 2.75) is 6.54 Å². The lowest BCUT2D eigenvalue weighted by molar-refractivity contribution is 0.180. The number of rotatable bonds is 3. The topological polar surface area (TPSA) is 19.4 Å². The molecule has 1 aromatic rings. The standard InChI is InChI=1S/C11H15N3S/c15-10-14-6-4-13(5-7-14)9-11-2-1-3-12-8-11/h1-3,8,10H,4-7,9H2. The Labute approximate surface area is 95.7 Å². The highest BCUT2D eigenvalue weighted by atomic mass is 32.1. The molecule has 80 valence electrons. The molecule has 0 atom stereocenters. The van der Waals surface area contributed by atoms with Crippen LogP contribution in [-0.2, 0) is 6.54 Å². The molecule has 0 N–H and O–H groups in total. The van der Waals surface area contributed by atoms with Crippen molar-refractivity contribution in [1.29, 1.82) is 0 Å². The molecule has 2 rings (SSSR count). The molecule has 0 saturated carbocycles. The largest absolute Gasteiger partial charge is 0.366 e. The van der Waals surface area contributed by atoms with Crippen LogP contribution in [0.1, 0.15) is 5.56 Å². The van der Waals surface area contributed by atoms with Crippen molar-refractivity contribution in [2.75, 3.05) is 26.2 Å². The van der Waals surface area contributed by atoms with Crippen LogP contribution < -0.4 is 0 Å². The molecule has 0 spiro atoms. The highest BCUT2D eigenvalue weighted by Gasteiger charge is 2.14. The van der Waals surface area contributed by atoms with E-state index in [0.717, 1.165) is 32.7 Å². The molecule has 0 unspecified atom stereocenters. The highest BCUT2D eigenvalue weighted by molar-refractivity contribution is 7.78. The Balaban J connectivity index is 1.85. The fourth-order valence-electron chi connectivity index (χ4n) is 1.78. The SMILES string of the molecule is S=CN1CCN(Cc2cccnc2)CC1. The quantitative estimate of drug-likeness (QED) is 0.713. The molecule has 0 bridgehead atoms. The maximum atomic E-state index is 4.91. The summed E-state index contributed by atoms with van der Waals surface area (Å²) in [5.74, 6) is 0. The second-order valence-electron chi connectivity index (χ2n) is 3.78. The Kier molecular flexibility index (Phi) is 3.64. The number of hydrogen-bond donors (Lipinski definition) is 0. The summed E-state index contributed by atoms with van der Waals surface area (Å²) in [5.41, 5.74) is 3.05. The van der Waals surface area contributed by atoms with Gasteiger partial charge in [-0.3, -0.25) is 9.88 Å².